The predicted molar refractivity (Wildman–Crippen MR) is 92.3 cm³/mol. The first-order valence-electron chi connectivity index (χ1n) is 8.08. The maximum atomic E-state index is 7.91. The molecule has 0 aromatic heterocycles. The molecule has 0 aliphatic heterocycles. The second kappa shape index (κ2) is 4.92. The minimum atomic E-state index is -1.71. The number of hydrogen-bond acceptors (Lipinski definition) is 2. The summed E-state index contributed by atoms with van der Waals surface area (Å²) in [5, 5.41) is 0. The first-order valence-corrected chi connectivity index (χ1v) is 14.9. The van der Waals surface area contributed by atoms with E-state index in [1.807, 2.05) is 0 Å². The molecule has 2 aliphatic rings. The molecule has 0 saturated heterocycles. The highest BCUT2D eigenvalue weighted by Crippen LogP contribution is 2.64. The monoisotopic (exact) mass is 325 g/mol. The lowest BCUT2D eigenvalue weighted by molar-refractivity contribution is 0.00574. The largest absolute Gasteiger partial charge is 0.411 e. The molecule has 2 aliphatic carbocycles. The van der Waals surface area contributed by atoms with Gasteiger partial charge in [-0.05, 0) is 51.6 Å². The van der Waals surface area contributed by atoms with Gasteiger partial charge in [-0.15, -0.1) is 0 Å². The van der Waals surface area contributed by atoms with E-state index in [4.69, 9.17) is 15.4 Å². The van der Waals surface area contributed by atoms with Crippen LogP contribution in [0.15, 0.2) is 0 Å². The van der Waals surface area contributed by atoms with Crippen molar-refractivity contribution < 1.29 is 8.85 Å². The molecule has 21 heavy (non-hydrogen) atoms. The molecule has 0 spiro atoms. The predicted octanol–water partition coefficient (Wildman–Crippen LogP) is 4.53. The number of hydrogen-bond donors (Lipinski definition) is 0. The average molecular weight is 326 g/mol. The van der Waals surface area contributed by atoms with E-state index < -0.39 is 16.6 Å². The fourth-order valence-corrected chi connectivity index (χ4v) is 6.50. The second-order valence-electron chi connectivity index (χ2n) is 9.25. The Morgan fingerprint density at radius 1 is 1.00 bits per heavy atom. The smallest absolute Gasteiger partial charge is 0.264 e. The summed E-state index contributed by atoms with van der Waals surface area (Å²) in [6.07, 6.45) is 2.15. The van der Waals surface area contributed by atoms with Gasteiger partial charge in [0.2, 0.25) is 0 Å². The van der Waals surface area contributed by atoms with Crippen LogP contribution in [0.25, 0.3) is 4.85 Å². The topological polar surface area (TPSA) is 22.8 Å². The van der Waals surface area contributed by atoms with Gasteiger partial charge in [0, 0.05) is 6.42 Å². The molecule has 0 radical (unpaired) electrons. The SMILES string of the molecule is [C-]#[N+][C@]12CC[C@H]([C@@H](O[Si](C)(C)C)[C@H]1O[Si](C)(C)C)C2(C)C. The van der Waals surface area contributed by atoms with Crippen LogP contribution in [0.4, 0.5) is 0 Å². The van der Waals surface area contributed by atoms with Crippen LogP contribution < -0.4 is 0 Å². The van der Waals surface area contributed by atoms with E-state index in [0.717, 1.165) is 12.8 Å². The zero-order valence-corrected chi connectivity index (χ0v) is 16.9. The van der Waals surface area contributed by atoms with Crippen molar-refractivity contribution in [3.63, 3.8) is 0 Å². The zero-order valence-electron chi connectivity index (χ0n) is 14.9. The molecule has 0 aromatic rings. The maximum absolute atomic E-state index is 7.91. The van der Waals surface area contributed by atoms with Crippen molar-refractivity contribution in [1.82, 2.24) is 0 Å². The Morgan fingerprint density at radius 3 is 1.95 bits per heavy atom. The molecular weight excluding hydrogens is 294 g/mol. The first kappa shape index (κ1) is 17.2. The zero-order chi connectivity index (χ0) is 16.3. The van der Waals surface area contributed by atoms with Gasteiger partial charge in [-0.25, -0.2) is 6.57 Å². The summed E-state index contributed by atoms with van der Waals surface area (Å²) in [4.78, 5) is 4.16. The van der Waals surface area contributed by atoms with Gasteiger partial charge in [0.25, 0.3) is 5.54 Å². The molecule has 2 rings (SSSR count). The molecular formula is C16H31NO2Si2. The highest BCUT2D eigenvalue weighted by molar-refractivity contribution is 6.70. The number of rotatable bonds is 4. The van der Waals surface area contributed by atoms with E-state index >= 15 is 0 Å². The lowest BCUT2D eigenvalue weighted by Gasteiger charge is -2.38. The van der Waals surface area contributed by atoms with E-state index in [-0.39, 0.29) is 23.2 Å². The van der Waals surface area contributed by atoms with Gasteiger partial charge < -0.3 is 13.7 Å². The van der Waals surface area contributed by atoms with Crippen LogP contribution in [0.1, 0.15) is 26.7 Å². The lowest BCUT2D eigenvalue weighted by atomic mass is 9.76. The van der Waals surface area contributed by atoms with Gasteiger partial charge >= 0.3 is 0 Å². The molecule has 4 atom stereocenters. The van der Waals surface area contributed by atoms with Crippen molar-refractivity contribution in [1.29, 1.82) is 0 Å². The van der Waals surface area contributed by atoms with Crippen LogP contribution in [0.2, 0.25) is 39.3 Å². The van der Waals surface area contributed by atoms with Crippen molar-refractivity contribution in [2.45, 2.75) is 83.7 Å². The molecule has 0 N–H and O–H groups in total. The highest BCUT2D eigenvalue weighted by atomic mass is 28.4. The number of fused-ring (bicyclic) bond motifs is 2. The van der Waals surface area contributed by atoms with Crippen molar-refractivity contribution in [3.8, 4) is 0 Å². The van der Waals surface area contributed by atoms with E-state index in [1.165, 1.54) is 0 Å². The van der Waals surface area contributed by atoms with Crippen molar-refractivity contribution >= 4 is 16.6 Å². The molecule has 2 fully saturated rings. The lowest BCUT2D eigenvalue weighted by Crippen LogP contribution is -2.53. The molecule has 0 heterocycles. The standard InChI is InChI=1S/C16H31NO2Si2/c1-15(2)12-10-11-16(15,17-3)14(19-21(7,8)9)13(12)18-20(4,5)6/h12-14H,10-11H2,1-2,4-9H3/t12-,13-,14-,16-/m1/s1. The van der Waals surface area contributed by atoms with Crippen LogP contribution in [0.5, 0.6) is 0 Å². The van der Waals surface area contributed by atoms with Crippen LogP contribution >= 0.6 is 0 Å². The summed E-state index contributed by atoms with van der Waals surface area (Å²) in [5.74, 6) is 0.458. The summed E-state index contributed by atoms with van der Waals surface area (Å²) in [6, 6.07) is 0. The molecule has 2 bridgehead atoms. The fraction of sp³-hybridized carbons (Fsp3) is 0.938. The highest BCUT2D eigenvalue weighted by Gasteiger charge is 2.76. The molecule has 3 nitrogen and oxygen atoms in total. The number of nitrogens with zero attached hydrogens (tertiary/aromatic N) is 1. The summed E-state index contributed by atoms with van der Waals surface area (Å²) < 4.78 is 13.1. The normalized spacial score (nSPS) is 38.5. The van der Waals surface area contributed by atoms with Crippen molar-refractivity contribution in [2.75, 3.05) is 0 Å². The Labute approximate surface area is 132 Å². The van der Waals surface area contributed by atoms with Gasteiger partial charge in [0.15, 0.2) is 16.6 Å². The minimum Gasteiger partial charge on any atom is -0.411 e. The molecule has 0 unspecified atom stereocenters. The quantitative estimate of drug-likeness (QED) is 0.559. The third kappa shape index (κ3) is 2.76. The molecule has 120 valence electrons. The van der Waals surface area contributed by atoms with Crippen LogP contribution in [0, 0.1) is 17.9 Å². The molecule has 0 aromatic carbocycles. The van der Waals surface area contributed by atoms with Gasteiger partial charge in [-0.1, -0.05) is 13.8 Å². The summed E-state index contributed by atoms with van der Waals surface area (Å²) >= 11 is 0. The van der Waals surface area contributed by atoms with Gasteiger partial charge in [-0.3, -0.25) is 0 Å². The Kier molecular flexibility index (Phi) is 4.03. The Hall–Kier alpha value is -0.156. The Morgan fingerprint density at radius 2 is 1.52 bits per heavy atom. The van der Waals surface area contributed by atoms with E-state index in [9.17, 15) is 0 Å². The Balaban J connectivity index is 2.43. The third-order valence-electron chi connectivity index (χ3n) is 5.21. The molecule has 0 amide bonds. The van der Waals surface area contributed by atoms with Gasteiger partial charge in [-0.2, -0.15) is 0 Å². The van der Waals surface area contributed by atoms with E-state index in [1.54, 1.807) is 0 Å². The van der Waals surface area contributed by atoms with Crippen LogP contribution in [-0.2, 0) is 8.85 Å². The summed E-state index contributed by atoms with van der Waals surface area (Å²) in [6.45, 7) is 25.8. The van der Waals surface area contributed by atoms with Crippen molar-refractivity contribution in [3.05, 3.63) is 11.4 Å². The fourth-order valence-electron chi connectivity index (χ4n) is 4.31. The van der Waals surface area contributed by atoms with E-state index in [0.29, 0.717) is 5.92 Å². The summed E-state index contributed by atoms with van der Waals surface area (Å²) in [7, 11) is -3.36. The summed E-state index contributed by atoms with van der Waals surface area (Å²) in [5.41, 5.74) is -0.397. The average Bonchev–Trinajstić information content (AvgIpc) is 2.60. The van der Waals surface area contributed by atoms with Gasteiger partial charge in [0.05, 0.1) is 11.5 Å². The second-order valence-corrected chi connectivity index (χ2v) is 18.2. The van der Waals surface area contributed by atoms with Crippen molar-refractivity contribution in [2.24, 2.45) is 11.3 Å². The maximum Gasteiger partial charge on any atom is 0.264 e. The molecule has 5 heteroatoms. The van der Waals surface area contributed by atoms with Crippen LogP contribution in [-0.4, -0.2) is 34.4 Å². The minimum absolute atomic E-state index is 0.0105. The molecule has 2 saturated carbocycles. The van der Waals surface area contributed by atoms with Gasteiger partial charge in [0.1, 0.15) is 6.10 Å². The third-order valence-corrected chi connectivity index (χ3v) is 7.15. The van der Waals surface area contributed by atoms with E-state index in [2.05, 4.69) is 58.0 Å². The first-order chi connectivity index (χ1) is 9.34. The van der Waals surface area contributed by atoms with Crippen LogP contribution in [0.3, 0.4) is 0 Å². The Bertz CT molecular complexity index is 458.